The standard InChI is InChI=1S/C19H24F4N6O2S.H2/c1-32(30,31)27-9-13-11-29(7-5-19(13,22)23)17-8-12(4-6-25-17)15-10-26-16(28-15)3-2-14(24)18(20)21;/h2-4,6,8,10,13,18,24,27,30-31H,5,7,9,11H2,1H3,(H,26,28);1H/b3-2-,24-14?;. The van der Waals surface area contributed by atoms with Crippen LogP contribution in [0.3, 0.4) is 0 Å². The molecule has 0 amide bonds. The van der Waals surface area contributed by atoms with Gasteiger partial charge in [0.2, 0.25) is 0 Å². The van der Waals surface area contributed by atoms with Gasteiger partial charge in [-0.25, -0.2) is 32.3 Å². The number of aromatic amines is 1. The number of allylic oxidation sites excluding steroid dienone is 1. The lowest BCUT2D eigenvalue weighted by Gasteiger charge is -2.40. The van der Waals surface area contributed by atoms with Crippen LogP contribution in [-0.2, 0) is 0 Å². The number of imidazole rings is 1. The molecule has 0 radical (unpaired) electrons. The average Bonchev–Trinajstić information content (AvgIpc) is 3.19. The Labute approximate surface area is 185 Å². The molecule has 3 rings (SSSR count). The van der Waals surface area contributed by atoms with Crippen LogP contribution in [0.2, 0.25) is 0 Å². The molecule has 13 heteroatoms. The van der Waals surface area contributed by atoms with Gasteiger partial charge in [0.1, 0.15) is 11.6 Å². The van der Waals surface area contributed by atoms with E-state index >= 15 is 0 Å². The number of anilines is 1. The van der Waals surface area contributed by atoms with E-state index in [1.165, 1.54) is 18.5 Å². The number of nitrogens with one attached hydrogen (secondary N) is 3. The quantitative estimate of drug-likeness (QED) is 0.284. The molecular weight excluding hydrogens is 452 g/mol. The van der Waals surface area contributed by atoms with Crippen molar-refractivity contribution < 1.29 is 28.1 Å². The van der Waals surface area contributed by atoms with Crippen LogP contribution < -0.4 is 9.62 Å². The van der Waals surface area contributed by atoms with Crippen LogP contribution in [0, 0.1) is 11.3 Å². The van der Waals surface area contributed by atoms with Gasteiger partial charge >= 0.3 is 0 Å². The van der Waals surface area contributed by atoms with Crippen LogP contribution in [-0.4, -0.2) is 68.0 Å². The van der Waals surface area contributed by atoms with Crippen LogP contribution in [0.25, 0.3) is 17.3 Å². The molecule has 0 aromatic carbocycles. The Morgan fingerprint density at radius 3 is 2.91 bits per heavy atom. The molecule has 32 heavy (non-hydrogen) atoms. The molecule has 1 aliphatic rings. The lowest BCUT2D eigenvalue weighted by Crippen LogP contribution is -2.51. The number of hydrogen-bond donors (Lipinski definition) is 5. The first kappa shape index (κ1) is 24.2. The van der Waals surface area contributed by atoms with Crippen molar-refractivity contribution in [3.05, 3.63) is 36.4 Å². The van der Waals surface area contributed by atoms with E-state index in [0.29, 0.717) is 17.1 Å². The molecule has 1 saturated heterocycles. The minimum Gasteiger partial charge on any atom is -0.356 e. The predicted octanol–water partition coefficient (Wildman–Crippen LogP) is 4.36. The van der Waals surface area contributed by atoms with E-state index in [1.54, 1.807) is 17.0 Å². The summed E-state index contributed by atoms with van der Waals surface area (Å²) in [4.78, 5) is 13.0. The highest BCUT2D eigenvalue weighted by Gasteiger charge is 2.44. The Morgan fingerprint density at radius 1 is 1.47 bits per heavy atom. The second-order valence-electron chi connectivity index (χ2n) is 7.51. The molecule has 178 valence electrons. The third-order valence-corrected chi connectivity index (χ3v) is 5.70. The van der Waals surface area contributed by atoms with Gasteiger partial charge in [0.05, 0.1) is 23.5 Å². The van der Waals surface area contributed by atoms with E-state index in [-0.39, 0.29) is 26.9 Å². The molecule has 0 bridgehead atoms. The van der Waals surface area contributed by atoms with Gasteiger partial charge in [0, 0.05) is 45.5 Å². The molecule has 1 fully saturated rings. The van der Waals surface area contributed by atoms with Gasteiger partial charge in [0.15, 0.2) is 0 Å². The monoisotopic (exact) mass is 478 g/mol. The summed E-state index contributed by atoms with van der Waals surface area (Å²) in [6, 6.07) is 3.39. The smallest absolute Gasteiger partial charge is 0.279 e. The van der Waals surface area contributed by atoms with Crippen molar-refractivity contribution in [2.45, 2.75) is 18.8 Å². The molecule has 3 heterocycles. The van der Waals surface area contributed by atoms with Crippen molar-refractivity contribution in [1.29, 1.82) is 5.41 Å². The Balaban J connectivity index is 0.00000385. The third kappa shape index (κ3) is 6.28. The fourth-order valence-corrected chi connectivity index (χ4v) is 3.74. The van der Waals surface area contributed by atoms with E-state index in [2.05, 4.69) is 19.7 Å². The maximum atomic E-state index is 14.3. The van der Waals surface area contributed by atoms with Gasteiger partial charge in [-0.1, -0.05) is 0 Å². The number of aromatic nitrogens is 3. The number of H-pyrrole nitrogens is 1. The number of hydrogen-bond acceptors (Lipinski definition) is 7. The lowest BCUT2D eigenvalue weighted by molar-refractivity contribution is -0.0696. The summed E-state index contributed by atoms with van der Waals surface area (Å²) < 4.78 is 74.8. The molecule has 5 N–H and O–H groups in total. The summed E-state index contributed by atoms with van der Waals surface area (Å²) in [6.45, 7) is -0.209. The molecular formula is C19H26F4N6O2S. The third-order valence-electron chi connectivity index (χ3n) is 4.99. The zero-order chi connectivity index (χ0) is 23.5. The number of piperidine rings is 1. The van der Waals surface area contributed by atoms with Gasteiger partial charge < -0.3 is 9.88 Å². The van der Waals surface area contributed by atoms with Crippen molar-refractivity contribution in [2.75, 3.05) is 30.8 Å². The number of alkyl halides is 4. The largest absolute Gasteiger partial charge is 0.356 e. The van der Waals surface area contributed by atoms with Gasteiger partial charge in [-0.2, -0.15) is 0 Å². The molecule has 0 saturated carbocycles. The van der Waals surface area contributed by atoms with Gasteiger partial charge in [-0.05, 0) is 24.3 Å². The van der Waals surface area contributed by atoms with Crippen molar-refractivity contribution in [1.82, 2.24) is 19.7 Å². The van der Waals surface area contributed by atoms with Crippen molar-refractivity contribution in [3.63, 3.8) is 0 Å². The molecule has 1 atom stereocenters. The van der Waals surface area contributed by atoms with Crippen LogP contribution in [0.4, 0.5) is 23.4 Å². The molecule has 2 aromatic rings. The van der Waals surface area contributed by atoms with Gasteiger partial charge in [-0.3, -0.25) is 14.5 Å². The van der Waals surface area contributed by atoms with Gasteiger partial charge in [-0.15, -0.1) is 10.8 Å². The first-order chi connectivity index (χ1) is 14.9. The van der Waals surface area contributed by atoms with E-state index in [1.807, 2.05) is 0 Å². The summed E-state index contributed by atoms with van der Waals surface area (Å²) in [5, 5.41) is 7.14. The van der Waals surface area contributed by atoms with E-state index in [9.17, 15) is 26.7 Å². The highest BCUT2D eigenvalue weighted by atomic mass is 32.3. The highest BCUT2D eigenvalue weighted by Crippen LogP contribution is 2.37. The topological polar surface area (TPSA) is 121 Å². The summed E-state index contributed by atoms with van der Waals surface area (Å²) >= 11 is 0. The second kappa shape index (κ2) is 9.57. The molecule has 2 aromatic heterocycles. The minimum atomic E-state index is -3.10. The lowest BCUT2D eigenvalue weighted by atomic mass is 9.93. The summed E-state index contributed by atoms with van der Waals surface area (Å²) in [5.41, 5.74) is 0.405. The fraction of sp³-hybridized carbons (Fsp3) is 0.421. The van der Waals surface area contributed by atoms with Crippen molar-refractivity contribution in [3.8, 4) is 11.3 Å². The van der Waals surface area contributed by atoms with Crippen LogP contribution in [0.15, 0.2) is 30.6 Å². The number of nitrogens with zero attached hydrogens (tertiary/aromatic N) is 3. The number of halogens is 4. The zero-order valence-corrected chi connectivity index (χ0v) is 17.9. The Kier molecular flexibility index (Phi) is 7.22. The predicted molar refractivity (Wildman–Crippen MR) is 119 cm³/mol. The fourth-order valence-electron chi connectivity index (χ4n) is 3.23. The number of pyridine rings is 1. The van der Waals surface area contributed by atoms with E-state index in [4.69, 9.17) is 5.41 Å². The summed E-state index contributed by atoms with van der Waals surface area (Å²) in [5.74, 6) is -3.34. The molecule has 1 unspecified atom stereocenters. The van der Waals surface area contributed by atoms with E-state index in [0.717, 1.165) is 12.3 Å². The van der Waals surface area contributed by atoms with Crippen LogP contribution >= 0.6 is 10.8 Å². The van der Waals surface area contributed by atoms with E-state index < -0.39 is 41.2 Å². The SMILES string of the molecule is CS(O)(O)NCC1CN(c2cc(-c3cnc(/C=C\C(=N)C(F)F)[nH]3)ccn2)CCC1(F)F.[HH]. The Bertz CT molecular complexity index is 985. The number of rotatable bonds is 8. The van der Waals surface area contributed by atoms with Crippen molar-refractivity contribution in [2.24, 2.45) is 5.92 Å². The Morgan fingerprint density at radius 2 is 2.22 bits per heavy atom. The minimum absolute atomic E-state index is 0. The van der Waals surface area contributed by atoms with Crippen LogP contribution in [0.1, 0.15) is 13.7 Å². The first-order valence-electron chi connectivity index (χ1n) is 9.61. The Hall–Kier alpha value is -2.48. The maximum Gasteiger partial charge on any atom is 0.279 e. The maximum absolute atomic E-state index is 14.3. The summed E-state index contributed by atoms with van der Waals surface area (Å²) in [6.07, 6.45) is 3.11. The highest BCUT2D eigenvalue weighted by molar-refractivity contribution is 8.22. The molecule has 8 nitrogen and oxygen atoms in total. The molecule has 0 aliphatic carbocycles. The average molecular weight is 479 g/mol. The van der Waals surface area contributed by atoms with Gasteiger partial charge in [0.25, 0.3) is 12.3 Å². The van der Waals surface area contributed by atoms with Crippen LogP contribution in [0.5, 0.6) is 0 Å². The summed E-state index contributed by atoms with van der Waals surface area (Å²) in [7, 11) is -3.10. The van der Waals surface area contributed by atoms with Crippen molar-refractivity contribution >= 4 is 28.4 Å². The normalized spacial score (nSPS) is 19.6. The second-order valence-corrected chi connectivity index (χ2v) is 9.47. The zero-order valence-electron chi connectivity index (χ0n) is 17.1. The first-order valence-corrected chi connectivity index (χ1v) is 11.6. The molecule has 0 spiro atoms. The molecule has 1 aliphatic heterocycles.